The van der Waals surface area contributed by atoms with Gasteiger partial charge >= 0.3 is 17.9 Å². The summed E-state index contributed by atoms with van der Waals surface area (Å²) in [4.78, 5) is 88.0. The predicted molar refractivity (Wildman–Crippen MR) is 334 cm³/mol. The van der Waals surface area contributed by atoms with Crippen LogP contribution in [0.1, 0.15) is 81.1 Å². The summed E-state index contributed by atoms with van der Waals surface area (Å²) >= 11 is 0. The molecule has 0 unspecified atom stereocenters. The molecule has 2 aromatic heterocycles. The Balaban J connectivity index is 0.987. The standard InChI is InChI=1S/C73H63N5O13/c79-68(52-31-15-4-16-32-52)78(69(80)53-33-17-5-18-34-53)67-61-66(74-47-75-67)77(48-76-61)70-62(90-72(82)55-37-21-7-22-38-55)57(59(89-70)46-87-71(81)54-35-19-6-20-36-54)41-58-64(91-73(83)56-39-23-8-24-40-56)65(86-44-51-29-13-3-14-30-51)63(85-43-50-27-11-2-12-28-50)60(88-58)45-84-42-49-25-9-1-10-26-49/h1-40,47-48,57-60,62-65,70H,41-46H2/t57-,58-,59+,60+,62+,63+,64-,65-,70+/m0/s1. The van der Waals surface area contributed by atoms with Crippen LogP contribution in [0.3, 0.4) is 0 Å². The van der Waals surface area contributed by atoms with Gasteiger partial charge in [-0.2, -0.15) is 0 Å². The topological polar surface area (TPSA) is 206 Å². The van der Waals surface area contributed by atoms with Crippen LogP contribution in [0.25, 0.3) is 11.2 Å². The zero-order valence-corrected chi connectivity index (χ0v) is 49.2. The minimum Gasteiger partial charge on any atom is -0.459 e. The van der Waals surface area contributed by atoms with Crippen LogP contribution in [0.5, 0.6) is 0 Å². The van der Waals surface area contributed by atoms with Crippen molar-refractivity contribution in [1.82, 2.24) is 19.5 Å². The predicted octanol–water partition coefficient (Wildman–Crippen LogP) is 11.7. The van der Waals surface area contributed by atoms with Gasteiger partial charge in [-0.3, -0.25) is 14.2 Å². The second-order valence-corrected chi connectivity index (χ2v) is 21.8. The number of ether oxygens (including phenoxy) is 8. The minimum atomic E-state index is -1.33. The Morgan fingerprint density at radius 3 is 1.36 bits per heavy atom. The summed E-state index contributed by atoms with van der Waals surface area (Å²) in [5.41, 5.74) is 3.83. The maximum absolute atomic E-state index is 14.8. The first-order chi connectivity index (χ1) is 44.7. The van der Waals surface area contributed by atoms with Crippen molar-refractivity contribution in [3.63, 3.8) is 0 Å². The first-order valence-electron chi connectivity index (χ1n) is 29.9. The van der Waals surface area contributed by atoms with Crippen molar-refractivity contribution in [3.8, 4) is 0 Å². The van der Waals surface area contributed by atoms with E-state index in [-0.39, 0.29) is 77.6 Å². The Hall–Kier alpha value is -10.3. The van der Waals surface area contributed by atoms with Crippen LogP contribution in [0.4, 0.5) is 5.82 Å². The van der Waals surface area contributed by atoms with Gasteiger partial charge in [0.25, 0.3) is 11.8 Å². The van der Waals surface area contributed by atoms with E-state index in [1.54, 1.807) is 152 Å². The maximum atomic E-state index is 14.8. The zero-order chi connectivity index (χ0) is 62.3. The van der Waals surface area contributed by atoms with Crippen molar-refractivity contribution in [1.29, 1.82) is 0 Å². The highest BCUT2D eigenvalue weighted by Gasteiger charge is 2.55. The molecule has 91 heavy (non-hydrogen) atoms. The molecule has 458 valence electrons. The molecule has 2 aliphatic rings. The Labute approximate surface area is 524 Å². The molecule has 8 aromatic carbocycles. The number of carbonyl (C=O) groups is 5. The molecular weight excluding hydrogens is 1150 g/mol. The first kappa shape index (κ1) is 60.9. The first-order valence-corrected chi connectivity index (χ1v) is 29.9. The maximum Gasteiger partial charge on any atom is 0.338 e. The van der Waals surface area contributed by atoms with Crippen molar-refractivity contribution in [2.75, 3.05) is 18.1 Å². The molecule has 0 aliphatic carbocycles. The lowest BCUT2D eigenvalue weighted by Gasteiger charge is -2.46. The number of hydrogen-bond acceptors (Lipinski definition) is 16. The fraction of sp³-hybridized carbons (Fsp3) is 0.205. The van der Waals surface area contributed by atoms with E-state index < -0.39 is 91.2 Å². The van der Waals surface area contributed by atoms with E-state index >= 15 is 0 Å². The molecule has 0 saturated carbocycles. The summed E-state index contributed by atoms with van der Waals surface area (Å²) in [5.74, 6) is -4.59. The van der Waals surface area contributed by atoms with Gasteiger partial charge in [-0.15, -0.1) is 0 Å². The van der Waals surface area contributed by atoms with Crippen LogP contribution in [0.2, 0.25) is 0 Å². The number of amides is 2. The van der Waals surface area contributed by atoms with Gasteiger partial charge in [0.15, 0.2) is 35.4 Å². The molecule has 10 aromatic rings. The van der Waals surface area contributed by atoms with E-state index in [1.165, 1.54) is 17.2 Å². The third-order valence-electron chi connectivity index (χ3n) is 15.9. The number of aromatic nitrogens is 4. The van der Waals surface area contributed by atoms with Crippen LogP contribution >= 0.6 is 0 Å². The molecule has 18 heteroatoms. The van der Waals surface area contributed by atoms with Crippen LogP contribution in [0, 0.1) is 5.92 Å². The van der Waals surface area contributed by atoms with Crippen LogP contribution in [-0.4, -0.2) is 105 Å². The van der Waals surface area contributed by atoms with Crippen molar-refractivity contribution in [2.24, 2.45) is 5.92 Å². The number of rotatable bonds is 23. The molecule has 2 fully saturated rings. The van der Waals surface area contributed by atoms with E-state index in [0.717, 1.165) is 21.6 Å². The number of fused-ring (bicyclic) bond motifs is 1. The highest BCUT2D eigenvalue weighted by Crippen LogP contribution is 2.44. The van der Waals surface area contributed by atoms with Crippen molar-refractivity contribution in [2.45, 2.75) is 75.2 Å². The molecular formula is C73H63N5O13. The lowest BCUT2D eigenvalue weighted by molar-refractivity contribution is -0.264. The third kappa shape index (κ3) is 14.6. The van der Waals surface area contributed by atoms with Gasteiger partial charge in [-0.1, -0.05) is 182 Å². The van der Waals surface area contributed by atoms with Crippen LogP contribution in [-0.2, 0) is 57.7 Å². The normalized spacial score (nSPS) is 20.3. The van der Waals surface area contributed by atoms with E-state index in [0.29, 0.717) is 0 Å². The van der Waals surface area contributed by atoms with Gasteiger partial charge < -0.3 is 37.9 Å². The second-order valence-electron chi connectivity index (χ2n) is 21.8. The molecule has 2 amide bonds. The summed E-state index contributed by atoms with van der Waals surface area (Å²) in [6.07, 6.45) is -6.62. The number of benzene rings is 8. The Morgan fingerprint density at radius 2 is 0.857 bits per heavy atom. The summed E-state index contributed by atoms with van der Waals surface area (Å²) in [6, 6.07) is 70.9. The van der Waals surface area contributed by atoms with Gasteiger partial charge in [0.1, 0.15) is 37.4 Å². The summed E-state index contributed by atoms with van der Waals surface area (Å²) in [5, 5.41) is 0. The fourth-order valence-corrected chi connectivity index (χ4v) is 11.4. The molecule has 2 saturated heterocycles. The Kier molecular flexibility index (Phi) is 19.6. The highest BCUT2D eigenvalue weighted by atomic mass is 16.6. The van der Waals surface area contributed by atoms with Crippen molar-refractivity contribution < 1.29 is 61.9 Å². The molecule has 0 spiro atoms. The Bertz CT molecular complexity index is 3980. The molecule has 9 atom stereocenters. The third-order valence-corrected chi connectivity index (χ3v) is 15.9. The number of esters is 3. The van der Waals surface area contributed by atoms with Crippen LogP contribution < -0.4 is 4.90 Å². The summed E-state index contributed by atoms with van der Waals surface area (Å²) in [7, 11) is 0. The van der Waals surface area contributed by atoms with Crippen molar-refractivity contribution >= 4 is 46.7 Å². The fourth-order valence-electron chi connectivity index (χ4n) is 11.4. The van der Waals surface area contributed by atoms with E-state index in [4.69, 9.17) is 42.9 Å². The van der Waals surface area contributed by atoms with Gasteiger partial charge in [-0.25, -0.2) is 34.2 Å². The smallest absolute Gasteiger partial charge is 0.338 e. The van der Waals surface area contributed by atoms with E-state index in [2.05, 4.69) is 9.97 Å². The molecule has 2 aliphatic heterocycles. The number of imide groups is 1. The van der Waals surface area contributed by atoms with E-state index in [1.807, 2.05) is 91.0 Å². The number of hydrogen-bond donors (Lipinski definition) is 0. The summed E-state index contributed by atoms with van der Waals surface area (Å²) in [6.45, 7) is -0.0251. The average molecular weight is 1220 g/mol. The number of nitrogens with zero attached hydrogens (tertiary/aromatic N) is 5. The molecule has 0 N–H and O–H groups in total. The SMILES string of the molecule is O=C(OC[C@H]1O[C@@H](n2cnc3c(N(C(=O)c4ccccc4)C(=O)c4ccccc4)ncnc32)[C@H](OC(=O)c2ccccc2)[C@H]1C[C@@H]1O[C@H](COCc2ccccc2)[C@@H](OCc2ccccc2)[C@H](OCc2ccccc2)[C@H]1OC(=O)c1ccccc1)c1ccccc1. The molecule has 0 radical (unpaired) electrons. The zero-order valence-electron chi connectivity index (χ0n) is 49.2. The molecule has 18 nitrogen and oxygen atoms in total. The monoisotopic (exact) mass is 1220 g/mol. The minimum absolute atomic E-state index is 0.0186. The van der Waals surface area contributed by atoms with Gasteiger partial charge in [0.05, 0.1) is 55.5 Å². The number of anilines is 1. The highest BCUT2D eigenvalue weighted by molar-refractivity contribution is 6.27. The molecule has 4 heterocycles. The quantitative estimate of drug-likeness (QED) is 0.0332. The van der Waals surface area contributed by atoms with Crippen LogP contribution in [0.15, 0.2) is 255 Å². The lowest BCUT2D eigenvalue weighted by atomic mass is 9.85. The molecule has 12 rings (SSSR count). The van der Waals surface area contributed by atoms with Gasteiger partial charge in [0, 0.05) is 17.0 Å². The number of carbonyl (C=O) groups excluding carboxylic acids is 5. The second kappa shape index (κ2) is 29.3. The van der Waals surface area contributed by atoms with E-state index in [9.17, 15) is 24.0 Å². The Morgan fingerprint density at radius 1 is 0.418 bits per heavy atom. The average Bonchev–Trinajstić information content (AvgIpc) is 1.67. The largest absolute Gasteiger partial charge is 0.459 e. The number of imidazole rings is 1. The molecule has 0 bridgehead atoms. The van der Waals surface area contributed by atoms with Crippen molar-refractivity contribution in [3.05, 3.63) is 300 Å². The lowest BCUT2D eigenvalue weighted by Crippen LogP contribution is -2.62. The van der Waals surface area contributed by atoms with Gasteiger partial charge in [-0.05, 0) is 83.8 Å². The summed E-state index contributed by atoms with van der Waals surface area (Å²) < 4.78 is 56.2. The van der Waals surface area contributed by atoms with Gasteiger partial charge in [0.2, 0.25) is 0 Å².